The molecule has 0 atom stereocenters. The van der Waals surface area contributed by atoms with Gasteiger partial charge in [0.2, 0.25) is 0 Å². The van der Waals surface area contributed by atoms with Crippen molar-refractivity contribution in [3.05, 3.63) is 0 Å². The number of rotatable bonds is 10. The lowest BCUT2D eigenvalue weighted by Gasteiger charge is -2.22. The molecule has 1 rings (SSSR count). The molecule has 1 saturated carbocycles. The predicted octanol–water partition coefficient (Wildman–Crippen LogP) is 3.48. The lowest BCUT2D eigenvalue weighted by atomic mass is 9.98. The van der Waals surface area contributed by atoms with Gasteiger partial charge in [-0.2, -0.15) is 13.2 Å². The zero-order valence-corrected chi connectivity index (χ0v) is 17.2. The fraction of sp³-hybridized carbons (Fsp3) is 0.938. The maximum atomic E-state index is 11.9. The van der Waals surface area contributed by atoms with Gasteiger partial charge in [-0.15, -0.1) is 24.0 Å². The smallest absolute Gasteiger partial charge is 0.378 e. The van der Waals surface area contributed by atoms with Crippen molar-refractivity contribution in [1.29, 1.82) is 0 Å². The fourth-order valence-corrected chi connectivity index (χ4v) is 2.55. The number of guanidine groups is 1. The van der Waals surface area contributed by atoms with Gasteiger partial charge in [0.25, 0.3) is 0 Å². The highest BCUT2D eigenvalue weighted by molar-refractivity contribution is 14.0. The van der Waals surface area contributed by atoms with Crippen molar-refractivity contribution < 1.29 is 22.6 Å². The molecule has 0 radical (unpaired) electrons. The highest BCUT2D eigenvalue weighted by Crippen LogP contribution is 2.20. The number of alkyl halides is 3. The van der Waals surface area contributed by atoms with E-state index in [1.54, 1.807) is 7.05 Å². The monoisotopic (exact) mass is 481 g/mol. The van der Waals surface area contributed by atoms with E-state index >= 15 is 0 Å². The zero-order chi connectivity index (χ0) is 17.7. The van der Waals surface area contributed by atoms with E-state index < -0.39 is 12.8 Å². The molecule has 150 valence electrons. The van der Waals surface area contributed by atoms with Crippen molar-refractivity contribution in [2.75, 3.05) is 40.0 Å². The summed E-state index contributed by atoms with van der Waals surface area (Å²) in [6.45, 7) is 0.868. The summed E-state index contributed by atoms with van der Waals surface area (Å²) < 4.78 is 46.1. The standard InChI is InChI=1S/C16H30F3N3O2.HI/c1-20-15(21-9-5-11-23-13-16(17,18)19)22-10-6-12-24-14-7-3-2-4-8-14;/h14H,2-13H2,1H3,(H2,20,21,22);1H. The molecule has 9 heteroatoms. The van der Waals surface area contributed by atoms with Crippen molar-refractivity contribution in [3.8, 4) is 0 Å². The first-order valence-electron chi connectivity index (χ1n) is 8.72. The molecular formula is C16H31F3IN3O2. The second-order valence-corrected chi connectivity index (χ2v) is 5.93. The average molecular weight is 481 g/mol. The van der Waals surface area contributed by atoms with Gasteiger partial charge < -0.3 is 20.1 Å². The number of aliphatic imine (C=N–C) groups is 1. The van der Waals surface area contributed by atoms with E-state index in [-0.39, 0.29) is 30.6 Å². The maximum absolute atomic E-state index is 11.9. The molecule has 0 unspecified atom stereocenters. The van der Waals surface area contributed by atoms with Gasteiger partial charge in [0.15, 0.2) is 5.96 Å². The van der Waals surface area contributed by atoms with Gasteiger partial charge in [0.1, 0.15) is 6.61 Å². The normalized spacial score (nSPS) is 16.4. The van der Waals surface area contributed by atoms with Crippen LogP contribution in [0.5, 0.6) is 0 Å². The van der Waals surface area contributed by atoms with Gasteiger partial charge in [0, 0.05) is 33.4 Å². The Labute approximate surface area is 165 Å². The van der Waals surface area contributed by atoms with E-state index in [1.165, 1.54) is 32.1 Å². The Morgan fingerprint density at radius 2 is 1.64 bits per heavy atom. The first-order valence-corrected chi connectivity index (χ1v) is 8.72. The molecule has 5 nitrogen and oxygen atoms in total. The predicted molar refractivity (Wildman–Crippen MR) is 104 cm³/mol. The van der Waals surface area contributed by atoms with Crippen LogP contribution in [0.15, 0.2) is 4.99 Å². The molecule has 0 saturated heterocycles. The molecule has 0 spiro atoms. The second-order valence-electron chi connectivity index (χ2n) is 5.93. The molecule has 1 fully saturated rings. The molecule has 0 amide bonds. The Hall–Kier alpha value is -0.290. The van der Waals surface area contributed by atoms with Crippen molar-refractivity contribution in [2.24, 2.45) is 4.99 Å². The summed E-state index contributed by atoms with van der Waals surface area (Å²) in [5.41, 5.74) is 0. The minimum absolute atomic E-state index is 0. The molecule has 0 aliphatic heterocycles. The molecular weight excluding hydrogens is 450 g/mol. The molecule has 1 aliphatic rings. The van der Waals surface area contributed by atoms with Crippen LogP contribution in [0.25, 0.3) is 0 Å². The zero-order valence-electron chi connectivity index (χ0n) is 14.9. The number of hydrogen-bond donors (Lipinski definition) is 2. The highest BCUT2D eigenvalue weighted by Gasteiger charge is 2.27. The van der Waals surface area contributed by atoms with Crippen LogP contribution in [0, 0.1) is 0 Å². The fourth-order valence-electron chi connectivity index (χ4n) is 2.55. The molecule has 1 aliphatic carbocycles. The van der Waals surface area contributed by atoms with Crippen LogP contribution in [0.3, 0.4) is 0 Å². The van der Waals surface area contributed by atoms with Crippen LogP contribution >= 0.6 is 24.0 Å². The topological polar surface area (TPSA) is 54.9 Å². The number of nitrogens with one attached hydrogen (secondary N) is 2. The Kier molecular flexibility index (Phi) is 14.7. The number of nitrogens with zero attached hydrogens (tertiary/aromatic N) is 1. The summed E-state index contributed by atoms with van der Waals surface area (Å²) in [5, 5.41) is 6.20. The van der Waals surface area contributed by atoms with Gasteiger partial charge in [-0.05, 0) is 25.7 Å². The summed E-state index contributed by atoms with van der Waals surface area (Å²) in [5.74, 6) is 0.642. The first-order chi connectivity index (χ1) is 11.5. The molecule has 0 aromatic heterocycles. The summed E-state index contributed by atoms with van der Waals surface area (Å²) in [6, 6.07) is 0. The Bertz CT molecular complexity index is 352. The number of halogens is 4. The molecule has 0 heterocycles. The number of hydrogen-bond acceptors (Lipinski definition) is 3. The van der Waals surface area contributed by atoms with Gasteiger partial charge in [-0.3, -0.25) is 4.99 Å². The van der Waals surface area contributed by atoms with Crippen molar-refractivity contribution in [3.63, 3.8) is 0 Å². The first kappa shape index (κ1) is 24.7. The Morgan fingerprint density at radius 1 is 1.04 bits per heavy atom. The van der Waals surface area contributed by atoms with Crippen LogP contribution in [0.4, 0.5) is 13.2 Å². The van der Waals surface area contributed by atoms with E-state index in [1.807, 2.05) is 0 Å². The third-order valence-corrected chi connectivity index (χ3v) is 3.77. The van der Waals surface area contributed by atoms with E-state index in [2.05, 4.69) is 20.4 Å². The number of ether oxygens (including phenoxy) is 2. The largest absolute Gasteiger partial charge is 0.411 e. The summed E-state index contributed by atoms with van der Waals surface area (Å²) in [7, 11) is 1.66. The van der Waals surface area contributed by atoms with E-state index in [0.29, 0.717) is 25.0 Å². The molecule has 0 aromatic carbocycles. The van der Waals surface area contributed by atoms with Crippen LogP contribution in [0.1, 0.15) is 44.9 Å². The molecule has 25 heavy (non-hydrogen) atoms. The quantitative estimate of drug-likeness (QED) is 0.217. The summed E-state index contributed by atoms with van der Waals surface area (Å²) in [6.07, 6.45) is 3.76. The van der Waals surface area contributed by atoms with Crippen LogP contribution in [-0.2, 0) is 9.47 Å². The Morgan fingerprint density at radius 3 is 2.20 bits per heavy atom. The third-order valence-electron chi connectivity index (χ3n) is 3.77. The molecule has 0 bridgehead atoms. The average Bonchev–Trinajstić information content (AvgIpc) is 2.55. The lowest BCUT2D eigenvalue weighted by Crippen LogP contribution is -2.38. The van der Waals surface area contributed by atoms with Gasteiger partial charge >= 0.3 is 6.18 Å². The Balaban J connectivity index is 0.00000576. The molecule has 0 aromatic rings. The lowest BCUT2D eigenvalue weighted by molar-refractivity contribution is -0.173. The van der Waals surface area contributed by atoms with Gasteiger partial charge in [-0.1, -0.05) is 19.3 Å². The van der Waals surface area contributed by atoms with E-state index in [4.69, 9.17) is 4.74 Å². The van der Waals surface area contributed by atoms with E-state index in [0.717, 1.165) is 19.6 Å². The van der Waals surface area contributed by atoms with Crippen molar-refractivity contribution in [2.45, 2.75) is 57.2 Å². The minimum Gasteiger partial charge on any atom is -0.378 e. The summed E-state index contributed by atoms with van der Waals surface area (Å²) >= 11 is 0. The SMILES string of the molecule is CN=C(NCCCOCC(F)(F)F)NCCCOC1CCCCC1.I. The molecule has 2 N–H and O–H groups in total. The third kappa shape index (κ3) is 14.6. The minimum atomic E-state index is -4.26. The van der Waals surface area contributed by atoms with Gasteiger partial charge in [-0.25, -0.2) is 0 Å². The maximum Gasteiger partial charge on any atom is 0.411 e. The van der Waals surface area contributed by atoms with Crippen LogP contribution in [-0.4, -0.2) is 58.2 Å². The van der Waals surface area contributed by atoms with Crippen molar-refractivity contribution >= 4 is 29.9 Å². The highest BCUT2D eigenvalue weighted by atomic mass is 127. The van der Waals surface area contributed by atoms with E-state index in [9.17, 15) is 13.2 Å². The van der Waals surface area contributed by atoms with Crippen LogP contribution in [0.2, 0.25) is 0 Å². The van der Waals surface area contributed by atoms with Gasteiger partial charge in [0.05, 0.1) is 6.10 Å². The summed E-state index contributed by atoms with van der Waals surface area (Å²) in [4.78, 5) is 4.07. The van der Waals surface area contributed by atoms with Crippen molar-refractivity contribution in [1.82, 2.24) is 10.6 Å². The second kappa shape index (κ2) is 14.8. The van der Waals surface area contributed by atoms with Crippen LogP contribution < -0.4 is 10.6 Å².